The van der Waals surface area contributed by atoms with Gasteiger partial charge < -0.3 is 15.8 Å². The van der Waals surface area contributed by atoms with Crippen molar-refractivity contribution in [3.63, 3.8) is 0 Å². The number of halogens is 5. The first-order valence-corrected chi connectivity index (χ1v) is 18.1. The molecular weight excluding hydrogens is 750 g/mol. The minimum absolute atomic E-state index is 0.00628. The molecule has 1 heterocycles. The Morgan fingerprint density at radius 2 is 1.64 bits per heavy atom. The SMILES string of the molecule is CCCCc1nn(-c2cc(NC(=O)COC)ccc2C(F)(F)F)c(C(N)=O)c1Cc1ccc(-c2ccccc2S(=O)(=O)NC(=O)c2ccccc2F)cc1F. The van der Waals surface area contributed by atoms with Gasteiger partial charge in [0.15, 0.2) is 0 Å². The highest BCUT2D eigenvalue weighted by atomic mass is 32.2. The largest absolute Gasteiger partial charge is 0.418 e. The van der Waals surface area contributed by atoms with Crippen LogP contribution < -0.4 is 15.8 Å². The van der Waals surface area contributed by atoms with Gasteiger partial charge >= 0.3 is 6.18 Å². The summed E-state index contributed by atoms with van der Waals surface area (Å²) in [6, 6.07) is 16.7. The Kier molecular flexibility index (Phi) is 12.2. The molecule has 0 saturated heterocycles. The Morgan fingerprint density at radius 1 is 0.927 bits per heavy atom. The molecule has 17 heteroatoms. The molecule has 0 fully saturated rings. The van der Waals surface area contributed by atoms with E-state index in [-0.39, 0.29) is 53.1 Å². The van der Waals surface area contributed by atoms with Gasteiger partial charge in [0.05, 0.1) is 27.4 Å². The third-order valence-electron chi connectivity index (χ3n) is 8.41. The van der Waals surface area contributed by atoms with E-state index in [0.29, 0.717) is 12.8 Å². The lowest BCUT2D eigenvalue weighted by atomic mass is 9.97. The van der Waals surface area contributed by atoms with E-state index >= 15 is 4.39 Å². The smallest absolute Gasteiger partial charge is 0.375 e. The van der Waals surface area contributed by atoms with Gasteiger partial charge in [0, 0.05) is 30.3 Å². The number of hydrogen-bond donors (Lipinski definition) is 3. The number of alkyl halides is 3. The number of rotatable bonds is 14. The summed E-state index contributed by atoms with van der Waals surface area (Å²) >= 11 is 0. The average Bonchev–Trinajstić information content (AvgIpc) is 3.49. The number of unbranched alkanes of at least 4 members (excludes halogenated alkanes) is 1. The number of benzene rings is 4. The Hall–Kier alpha value is -5.94. The van der Waals surface area contributed by atoms with Crippen LogP contribution in [-0.4, -0.2) is 49.6 Å². The van der Waals surface area contributed by atoms with E-state index in [1.54, 1.807) is 0 Å². The first kappa shape index (κ1) is 40.2. The number of methoxy groups -OCH3 is 1. The van der Waals surface area contributed by atoms with Crippen LogP contribution in [0.3, 0.4) is 0 Å². The van der Waals surface area contributed by atoms with E-state index in [2.05, 4.69) is 10.4 Å². The summed E-state index contributed by atoms with van der Waals surface area (Å²) in [5.74, 6) is -4.84. The molecule has 55 heavy (non-hydrogen) atoms. The molecule has 4 aromatic carbocycles. The molecule has 0 aliphatic carbocycles. The van der Waals surface area contributed by atoms with Crippen LogP contribution in [0.2, 0.25) is 0 Å². The fourth-order valence-electron chi connectivity index (χ4n) is 5.87. The average molecular weight is 784 g/mol. The molecule has 0 bridgehead atoms. The predicted octanol–water partition coefficient (Wildman–Crippen LogP) is 6.57. The van der Waals surface area contributed by atoms with Crippen molar-refractivity contribution in [1.29, 1.82) is 0 Å². The Balaban J connectivity index is 1.56. The molecule has 0 aliphatic rings. The summed E-state index contributed by atoms with van der Waals surface area (Å²) in [6.45, 7) is 1.48. The zero-order chi connectivity index (χ0) is 40.1. The molecule has 11 nitrogen and oxygen atoms in total. The van der Waals surface area contributed by atoms with Crippen LogP contribution in [0.1, 0.15) is 63.0 Å². The van der Waals surface area contributed by atoms with Crippen molar-refractivity contribution in [2.24, 2.45) is 5.73 Å². The second-order valence-electron chi connectivity index (χ2n) is 12.3. The van der Waals surface area contributed by atoms with E-state index < -0.39 is 73.0 Å². The van der Waals surface area contributed by atoms with Crippen molar-refractivity contribution in [1.82, 2.24) is 14.5 Å². The van der Waals surface area contributed by atoms with Gasteiger partial charge in [0.1, 0.15) is 23.9 Å². The zero-order valence-electron chi connectivity index (χ0n) is 29.3. The number of sulfonamides is 1. The molecule has 1 aromatic heterocycles. The number of nitrogens with one attached hydrogen (secondary N) is 2. The summed E-state index contributed by atoms with van der Waals surface area (Å²) in [7, 11) is -3.35. The first-order chi connectivity index (χ1) is 26.0. The highest BCUT2D eigenvalue weighted by Gasteiger charge is 2.36. The van der Waals surface area contributed by atoms with Crippen LogP contribution in [0.25, 0.3) is 16.8 Å². The minimum Gasteiger partial charge on any atom is -0.375 e. The van der Waals surface area contributed by atoms with Crippen molar-refractivity contribution in [3.8, 4) is 16.8 Å². The van der Waals surface area contributed by atoms with Crippen LogP contribution >= 0.6 is 0 Å². The van der Waals surface area contributed by atoms with Gasteiger partial charge in [-0.25, -0.2) is 26.6 Å². The number of primary amides is 1. The van der Waals surface area contributed by atoms with Gasteiger partial charge in [0.2, 0.25) is 5.91 Å². The van der Waals surface area contributed by atoms with Crippen molar-refractivity contribution in [2.45, 2.75) is 43.7 Å². The van der Waals surface area contributed by atoms with Crippen LogP contribution in [0.5, 0.6) is 0 Å². The van der Waals surface area contributed by atoms with E-state index in [1.165, 1.54) is 55.6 Å². The van der Waals surface area contributed by atoms with E-state index in [4.69, 9.17) is 10.5 Å². The fraction of sp³-hybridized carbons (Fsp3) is 0.211. The van der Waals surface area contributed by atoms with Crippen LogP contribution in [-0.2, 0) is 38.6 Å². The Morgan fingerprint density at radius 3 is 2.29 bits per heavy atom. The summed E-state index contributed by atoms with van der Waals surface area (Å²) in [5.41, 5.74) is 3.24. The van der Waals surface area contributed by atoms with Crippen LogP contribution in [0.4, 0.5) is 27.6 Å². The van der Waals surface area contributed by atoms with Crippen LogP contribution in [0, 0.1) is 11.6 Å². The zero-order valence-corrected chi connectivity index (χ0v) is 30.2. The topological polar surface area (TPSA) is 162 Å². The van der Waals surface area contributed by atoms with Gasteiger partial charge in [-0.1, -0.05) is 55.8 Å². The Labute approximate surface area is 312 Å². The predicted molar refractivity (Wildman–Crippen MR) is 192 cm³/mol. The third-order valence-corrected chi connectivity index (χ3v) is 9.80. The summed E-state index contributed by atoms with van der Waals surface area (Å²) < 4.78 is 107. The maximum Gasteiger partial charge on any atom is 0.418 e. The van der Waals surface area contributed by atoms with Gasteiger partial charge in [0.25, 0.3) is 21.8 Å². The molecule has 4 N–H and O–H groups in total. The molecule has 288 valence electrons. The second-order valence-corrected chi connectivity index (χ2v) is 13.9. The normalized spacial score (nSPS) is 11.7. The molecule has 3 amide bonds. The molecule has 5 aromatic rings. The monoisotopic (exact) mass is 783 g/mol. The van der Waals surface area contributed by atoms with Crippen molar-refractivity contribution in [3.05, 3.63) is 130 Å². The number of carbonyl (C=O) groups is 3. The highest BCUT2D eigenvalue weighted by Crippen LogP contribution is 2.37. The number of amides is 3. The van der Waals surface area contributed by atoms with Crippen molar-refractivity contribution >= 4 is 33.4 Å². The van der Waals surface area contributed by atoms with E-state index in [1.807, 2.05) is 11.6 Å². The van der Waals surface area contributed by atoms with Gasteiger partial charge in [-0.2, -0.15) is 18.3 Å². The number of hydrogen-bond acceptors (Lipinski definition) is 7. The lowest BCUT2D eigenvalue weighted by Gasteiger charge is -2.16. The molecule has 0 spiro atoms. The number of aryl methyl sites for hydroxylation is 1. The third kappa shape index (κ3) is 9.06. The maximum atomic E-state index is 16.0. The number of aromatic nitrogens is 2. The standard InChI is InChI=1S/C38H34F5N5O6S/c1-3-4-12-31-27(35(36(44)50)48(46-31)32-20-24(45-34(49)21-54-2)16-17-28(32)38(41,42)43)18-23-15-14-22(19-30(23)40)25-9-6-8-13-33(25)55(52,53)47-37(51)26-10-5-7-11-29(26)39/h5-11,13-17,19-20H,3-4,12,18,21H2,1-2H3,(H2,44,50)(H,45,49)(H,47,51). The lowest BCUT2D eigenvalue weighted by Crippen LogP contribution is -2.31. The molecule has 0 aliphatic heterocycles. The number of nitrogens with zero attached hydrogens (tertiary/aromatic N) is 2. The summed E-state index contributed by atoms with van der Waals surface area (Å²) in [5, 5.41) is 6.80. The van der Waals surface area contributed by atoms with Gasteiger partial charge in [-0.15, -0.1) is 0 Å². The van der Waals surface area contributed by atoms with Gasteiger partial charge in [-0.3, -0.25) is 14.4 Å². The molecule has 0 saturated carbocycles. The van der Waals surface area contributed by atoms with Gasteiger partial charge in [-0.05, 0) is 66.4 Å². The quantitative estimate of drug-likeness (QED) is 0.107. The van der Waals surface area contributed by atoms with E-state index in [0.717, 1.165) is 41.1 Å². The van der Waals surface area contributed by atoms with Crippen LogP contribution in [0.15, 0.2) is 89.8 Å². The molecule has 5 rings (SSSR count). The highest BCUT2D eigenvalue weighted by molar-refractivity contribution is 7.90. The number of anilines is 1. The molecule has 0 atom stereocenters. The number of nitrogens with two attached hydrogens (primary N) is 1. The molecule has 0 radical (unpaired) electrons. The Bertz CT molecular complexity index is 2380. The fourth-order valence-corrected chi connectivity index (χ4v) is 7.07. The number of carbonyl (C=O) groups excluding carboxylic acids is 3. The molecular formula is C38H34F5N5O6S. The summed E-state index contributed by atoms with van der Waals surface area (Å²) in [4.78, 5) is 37.5. The van der Waals surface area contributed by atoms with E-state index in [9.17, 15) is 40.4 Å². The molecule has 0 unspecified atom stereocenters. The first-order valence-electron chi connectivity index (χ1n) is 16.7. The number of ether oxygens (including phenoxy) is 1. The lowest BCUT2D eigenvalue weighted by molar-refractivity contribution is -0.137. The van der Waals surface area contributed by atoms with Crippen molar-refractivity contribution < 1.29 is 49.5 Å². The summed E-state index contributed by atoms with van der Waals surface area (Å²) in [6.07, 6.45) is -3.95. The minimum atomic E-state index is -4.93. The van der Waals surface area contributed by atoms with Crippen molar-refractivity contribution in [2.75, 3.05) is 19.0 Å². The maximum absolute atomic E-state index is 16.0. The second kappa shape index (κ2) is 16.6.